The Morgan fingerprint density at radius 1 is 1.21 bits per heavy atom. The van der Waals surface area contributed by atoms with Gasteiger partial charge in [0.15, 0.2) is 5.65 Å². The molecule has 0 bridgehead atoms. The monoisotopic (exact) mass is 326 g/mol. The van der Waals surface area contributed by atoms with Crippen LogP contribution in [0.3, 0.4) is 0 Å². The Bertz CT molecular complexity index is 913. The fraction of sp³-hybridized carbons (Fsp3) is 0.235. The number of ether oxygens (including phenoxy) is 1. The maximum atomic E-state index is 12.3. The van der Waals surface area contributed by atoms with Gasteiger partial charge in [-0.25, -0.2) is 9.48 Å². The molecule has 1 amide bonds. The van der Waals surface area contributed by atoms with E-state index in [2.05, 4.69) is 10.4 Å². The maximum Gasteiger partial charge on any atom is 0.350 e. The van der Waals surface area contributed by atoms with Crippen LogP contribution < -0.4 is 11.0 Å². The van der Waals surface area contributed by atoms with Crippen LogP contribution in [-0.4, -0.2) is 33.7 Å². The molecule has 0 saturated carbocycles. The molecule has 0 atom stereocenters. The highest BCUT2D eigenvalue weighted by molar-refractivity contribution is 5.95. The summed E-state index contributed by atoms with van der Waals surface area (Å²) in [5, 5.41) is 7.04. The molecule has 2 aromatic heterocycles. The number of rotatable bonds is 6. The van der Waals surface area contributed by atoms with Crippen molar-refractivity contribution in [2.75, 3.05) is 13.7 Å². The van der Waals surface area contributed by atoms with Crippen LogP contribution in [-0.2, 0) is 17.9 Å². The van der Waals surface area contributed by atoms with Crippen molar-refractivity contribution in [2.45, 2.75) is 13.2 Å². The van der Waals surface area contributed by atoms with Gasteiger partial charge < -0.3 is 10.1 Å². The number of nitrogens with one attached hydrogen (secondary N) is 1. The number of benzene rings is 1. The van der Waals surface area contributed by atoms with E-state index in [-0.39, 0.29) is 11.6 Å². The van der Waals surface area contributed by atoms with E-state index in [1.165, 1.54) is 9.08 Å². The van der Waals surface area contributed by atoms with Gasteiger partial charge in [0.2, 0.25) is 0 Å². The molecule has 0 aliphatic carbocycles. The molecule has 0 radical (unpaired) electrons. The molecular weight excluding hydrogens is 308 g/mol. The number of nitrogens with zero attached hydrogens (tertiary/aromatic N) is 3. The second kappa shape index (κ2) is 7.10. The largest absolute Gasteiger partial charge is 0.380 e. The summed E-state index contributed by atoms with van der Waals surface area (Å²) in [6.45, 7) is 0.984. The molecule has 0 unspecified atom stereocenters. The van der Waals surface area contributed by atoms with E-state index in [1.807, 2.05) is 18.2 Å². The Morgan fingerprint density at radius 2 is 2.00 bits per heavy atom. The molecule has 7 nitrogen and oxygen atoms in total. The minimum atomic E-state index is -0.223. The fourth-order valence-electron chi connectivity index (χ4n) is 2.51. The maximum absolute atomic E-state index is 12.3. The third kappa shape index (κ3) is 3.21. The minimum Gasteiger partial charge on any atom is -0.380 e. The molecule has 24 heavy (non-hydrogen) atoms. The van der Waals surface area contributed by atoms with Gasteiger partial charge in [0, 0.05) is 25.4 Å². The summed E-state index contributed by atoms with van der Waals surface area (Å²) in [5.41, 5.74) is 1.75. The highest BCUT2D eigenvalue weighted by Gasteiger charge is 2.11. The Balaban J connectivity index is 1.67. The summed E-state index contributed by atoms with van der Waals surface area (Å²) in [4.78, 5) is 24.5. The number of pyridine rings is 1. The number of methoxy groups -OCH3 is 1. The van der Waals surface area contributed by atoms with Gasteiger partial charge in [-0.05, 0) is 23.8 Å². The Kier molecular flexibility index (Phi) is 4.72. The van der Waals surface area contributed by atoms with Crippen molar-refractivity contribution in [3.63, 3.8) is 0 Å². The molecule has 0 saturated heterocycles. The lowest BCUT2D eigenvalue weighted by atomic mass is 10.1. The zero-order chi connectivity index (χ0) is 16.9. The normalized spacial score (nSPS) is 10.9. The average Bonchev–Trinajstić information content (AvgIpc) is 2.92. The van der Waals surface area contributed by atoms with Crippen molar-refractivity contribution < 1.29 is 9.53 Å². The third-order valence-corrected chi connectivity index (χ3v) is 3.66. The molecule has 3 aromatic rings. The topological polar surface area (TPSA) is 77.6 Å². The summed E-state index contributed by atoms with van der Waals surface area (Å²) < 4.78 is 7.92. The Labute approximate surface area is 138 Å². The number of fused-ring (bicyclic) bond motifs is 1. The first kappa shape index (κ1) is 15.9. The van der Waals surface area contributed by atoms with Crippen molar-refractivity contribution in [1.82, 2.24) is 19.5 Å². The SMILES string of the molecule is COCc1ccccc1C(=O)NCCn1nc2ccccn2c1=O. The molecule has 0 fully saturated rings. The predicted octanol–water partition coefficient (Wildman–Crippen LogP) is 1.07. The molecule has 0 aliphatic heterocycles. The van der Waals surface area contributed by atoms with Crippen molar-refractivity contribution in [2.24, 2.45) is 0 Å². The van der Waals surface area contributed by atoms with E-state index < -0.39 is 0 Å². The first-order chi connectivity index (χ1) is 11.7. The molecule has 2 heterocycles. The van der Waals surface area contributed by atoms with Gasteiger partial charge in [-0.15, -0.1) is 5.10 Å². The number of hydrogen-bond acceptors (Lipinski definition) is 4. The molecule has 1 aromatic carbocycles. The minimum absolute atomic E-state index is 0.195. The van der Waals surface area contributed by atoms with E-state index >= 15 is 0 Å². The average molecular weight is 326 g/mol. The van der Waals surface area contributed by atoms with Crippen LogP contribution in [0.5, 0.6) is 0 Å². The number of hydrogen-bond donors (Lipinski definition) is 1. The summed E-state index contributed by atoms with van der Waals surface area (Å²) >= 11 is 0. The second-order valence-corrected chi connectivity index (χ2v) is 5.28. The molecule has 0 spiro atoms. The number of aromatic nitrogens is 3. The predicted molar refractivity (Wildman–Crippen MR) is 88.9 cm³/mol. The van der Waals surface area contributed by atoms with Crippen molar-refractivity contribution in [3.05, 3.63) is 70.3 Å². The molecule has 1 N–H and O–H groups in total. The summed E-state index contributed by atoms with van der Waals surface area (Å²) in [7, 11) is 1.59. The van der Waals surface area contributed by atoms with Gasteiger partial charge in [-0.1, -0.05) is 24.3 Å². The van der Waals surface area contributed by atoms with Gasteiger partial charge in [-0.3, -0.25) is 9.20 Å². The van der Waals surface area contributed by atoms with Crippen molar-refractivity contribution in [1.29, 1.82) is 0 Å². The molecular formula is C17H18N4O3. The van der Waals surface area contributed by atoms with E-state index in [0.717, 1.165) is 5.56 Å². The lowest BCUT2D eigenvalue weighted by Gasteiger charge is -2.09. The summed E-state index contributed by atoms with van der Waals surface area (Å²) in [6.07, 6.45) is 1.67. The zero-order valence-corrected chi connectivity index (χ0v) is 13.3. The van der Waals surface area contributed by atoms with Gasteiger partial charge in [0.25, 0.3) is 5.91 Å². The first-order valence-corrected chi connectivity index (χ1v) is 7.60. The van der Waals surface area contributed by atoms with E-state index in [4.69, 9.17) is 4.74 Å². The van der Waals surface area contributed by atoms with E-state index in [1.54, 1.807) is 37.6 Å². The van der Waals surface area contributed by atoms with Crippen LogP contribution in [0.15, 0.2) is 53.5 Å². The van der Waals surface area contributed by atoms with Crippen LogP contribution in [0.4, 0.5) is 0 Å². The standard InChI is InChI=1S/C17H18N4O3/c1-24-12-13-6-2-3-7-14(13)16(22)18-9-11-21-17(23)20-10-5-4-8-15(20)19-21/h2-8,10H,9,11-12H2,1H3,(H,18,22). The lowest BCUT2D eigenvalue weighted by molar-refractivity contribution is 0.0947. The number of carbonyl (C=O) groups excluding carboxylic acids is 1. The summed E-state index contributed by atoms with van der Waals surface area (Å²) in [5.74, 6) is -0.195. The molecule has 124 valence electrons. The van der Waals surface area contributed by atoms with Gasteiger partial charge >= 0.3 is 5.69 Å². The highest BCUT2D eigenvalue weighted by Crippen LogP contribution is 2.09. The molecule has 0 aliphatic rings. The van der Waals surface area contributed by atoms with Crippen LogP contribution in [0.1, 0.15) is 15.9 Å². The van der Waals surface area contributed by atoms with Gasteiger partial charge in [-0.2, -0.15) is 0 Å². The molecule has 3 rings (SSSR count). The van der Waals surface area contributed by atoms with Crippen LogP contribution in [0, 0.1) is 0 Å². The number of amides is 1. The van der Waals surface area contributed by atoms with Crippen molar-refractivity contribution >= 4 is 11.6 Å². The zero-order valence-electron chi connectivity index (χ0n) is 13.3. The smallest absolute Gasteiger partial charge is 0.350 e. The van der Waals surface area contributed by atoms with Gasteiger partial charge in [0.05, 0.1) is 13.2 Å². The fourth-order valence-corrected chi connectivity index (χ4v) is 2.51. The van der Waals surface area contributed by atoms with E-state index in [9.17, 15) is 9.59 Å². The second-order valence-electron chi connectivity index (χ2n) is 5.28. The quantitative estimate of drug-likeness (QED) is 0.735. The van der Waals surface area contributed by atoms with E-state index in [0.29, 0.717) is 30.9 Å². The third-order valence-electron chi connectivity index (χ3n) is 3.66. The van der Waals surface area contributed by atoms with Crippen molar-refractivity contribution in [3.8, 4) is 0 Å². The van der Waals surface area contributed by atoms with Crippen LogP contribution >= 0.6 is 0 Å². The first-order valence-electron chi connectivity index (χ1n) is 7.60. The van der Waals surface area contributed by atoms with Gasteiger partial charge in [0.1, 0.15) is 0 Å². The Hall–Kier alpha value is -2.93. The lowest BCUT2D eigenvalue weighted by Crippen LogP contribution is -2.31. The van der Waals surface area contributed by atoms with Crippen LogP contribution in [0.2, 0.25) is 0 Å². The number of carbonyl (C=O) groups is 1. The summed E-state index contributed by atoms with van der Waals surface area (Å²) in [6, 6.07) is 12.6. The highest BCUT2D eigenvalue weighted by atomic mass is 16.5. The Morgan fingerprint density at radius 3 is 2.79 bits per heavy atom. The molecule has 7 heteroatoms. The van der Waals surface area contributed by atoms with Crippen LogP contribution in [0.25, 0.3) is 5.65 Å².